The van der Waals surface area contributed by atoms with E-state index in [1.165, 1.54) is 6.42 Å². The number of ether oxygens (including phenoxy) is 1. The van der Waals surface area contributed by atoms with Crippen molar-refractivity contribution in [1.29, 1.82) is 0 Å². The molecular formula is C11H21NO2. The lowest BCUT2D eigenvalue weighted by Gasteiger charge is -2.22. The van der Waals surface area contributed by atoms with Crippen molar-refractivity contribution in [1.82, 2.24) is 5.32 Å². The summed E-state index contributed by atoms with van der Waals surface area (Å²) in [6, 6.07) is -0.0483. The van der Waals surface area contributed by atoms with Crippen molar-refractivity contribution >= 4 is 5.97 Å². The summed E-state index contributed by atoms with van der Waals surface area (Å²) in [4.78, 5) is 11.5. The Bertz CT molecular complexity index is 176. The Morgan fingerprint density at radius 3 is 2.93 bits per heavy atom. The fraction of sp³-hybridized carbons (Fsp3) is 0.909. The van der Waals surface area contributed by atoms with Crippen molar-refractivity contribution in [3.63, 3.8) is 0 Å². The van der Waals surface area contributed by atoms with Gasteiger partial charge in [-0.2, -0.15) is 0 Å². The van der Waals surface area contributed by atoms with Crippen molar-refractivity contribution in [2.75, 3.05) is 13.2 Å². The lowest BCUT2D eigenvalue weighted by Crippen LogP contribution is -2.41. The molecule has 14 heavy (non-hydrogen) atoms. The van der Waals surface area contributed by atoms with Gasteiger partial charge in [0.05, 0.1) is 6.61 Å². The molecule has 0 bridgehead atoms. The van der Waals surface area contributed by atoms with Crippen molar-refractivity contribution < 1.29 is 9.53 Å². The van der Waals surface area contributed by atoms with Crippen molar-refractivity contribution in [3.8, 4) is 0 Å². The van der Waals surface area contributed by atoms with E-state index in [1.54, 1.807) is 0 Å². The number of carbonyl (C=O) groups is 1. The normalized spacial score (nSPS) is 24.3. The molecule has 0 amide bonds. The Hall–Kier alpha value is -0.570. The number of hydrogen-bond donors (Lipinski definition) is 1. The highest BCUT2D eigenvalue weighted by Gasteiger charge is 2.21. The first kappa shape index (κ1) is 11.5. The molecule has 1 N–H and O–H groups in total. The predicted octanol–water partition coefficient (Wildman–Crippen LogP) is 1.72. The molecule has 1 saturated heterocycles. The molecular weight excluding hydrogens is 178 g/mol. The van der Waals surface area contributed by atoms with Crippen LogP contribution in [0.2, 0.25) is 0 Å². The van der Waals surface area contributed by atoms with Crippen molar-refractivity contribution in [3.05, 3.63) is 0 Å². The summed E-state index contributed by atoms with van der Waals surface area (Å²) in [5.74, 6) is 0.410. The van der Waals surface area contributed by atoms with Gasteiger partial charge >= 0.3 is 5.97 Å². The molecule has 0 aromatic heterocycles. The van der Waals surface area contributed by atoms with E-state index in [9.17, 15) is 4.79 Å². The summed E-state index contributed by atoms with van der Waals surface area (Å²) in [5, 5.41) is 3.19. The molecule has 0 aliphatic carbocycles. The molecule has 82 valence electrons. The minimum atomic E-state index is -0.0648. The standard InChI is InChI=1S/C11H21NO2/c1-3-9(2)8-14-11(13)10-6-4-5-7-12-10/h9-10,12H,3-8H2,1-2H3. The molecule has 0 saturated carbocycles. The zero-order valence-electron chi connectivity index (χ0n) is 9.21. The van der Waals surface area contributed by atoms with Gasteiger partial charge in [0.15, 0.2) is 0 Å². The highest BCUT2D eigenvalue weighted by Crippen LogP contribution is 2.09. The van der Waals surface area contributed by atoms with Gasteiger partial charge in [0.25, 0.3) is 0 Å². The third kappa shape index (κ3) is 3.66. The quantitative estimate of drug-likeness (QED) is 0.701. The van der Waals surface area contributed by atoms with Crippen LogP contribution in [0.15, 0.2) is 0 Å². The molecule has 1 heterocycles. The largest absolute Gasteiger partial charge is 0.464 e. The van der Waals surface area contributed by atoms with Crippen molar-refractivity contribution in [2.24, 2.45) is 5.92 Å². The predicted molar refractivity (Wildman–Crippen MR) is 56.1 cm³/mol. The number of piperidine rings is 1. The zero-order valence-corrected chi connectivity index (χ0v) is 9.21. The smallest absolute Gasteiger partial charge is 0.323 e. The number of nitrogens with one attached hydrogen (secondary N) is 1. The zero-order chi connectivity index (χ0) is 10.4. The molecule has 0 aromatic carbocycles. The maximum absolute atomic E-state index is 11.5. The van der Waals surface area contributed by atoms with Crippen LogP contribution in [0, 0.1) is 5.92 Å². The van der Waals surface area contributed by atoms with Crippen LogP contribution in [0.5, 0.6) is 0 Å². The summed E-state index contributed by atoms with van der Waals surface area (Å²) >= 11 is 0. The second kappa shape index (κ2) is 6.02. The van der Waals surface area contributed by atoms with E-state index >= 15 is 0 Å². The SMILES string of the molecule is CCC(C)COC(=O)C1CCCCN1. The van der Waals surface area contributed by atoms with Gasteiger partial charge in [0.1, 0.15) is 6.04 Å². The molecule has 1 rings (SSSR count). The average Bonchev–Trinajstić information content (AvgIpc) is 2.26. The summed E-state index contributed by atoms with van der Waals surface area (Å²) in [7, 11) is 0. The van der Waals surface area contributed by atoms with Crippen molar-refractivity contribution in [2.45, 2.75) is 45.6 Å². The lowest BCUT2D eigenvalue weighted by atomic mass is 10.1. The summed E-state index contributed by atoms with van der Waals surface area (Å²) in [5.41, 5.74) is 0. The van der Waals surface area contributed by atoms with E-state index in [2.05, 4.69) is 19.2 Å². The van der Waals surface area contributed by atoms with Gasteiger partial charge < -0.3 is 10.1 Å². The monoisotopic (exact) mass is 199 g/mol. The third-order valence-corrected chi connectivity index (χ3v) is 2.80. The number of rotatable bonds is 4. The highest BCUT2D eigenvalue weighted by molar-refractivity contribution is 5.75. The molecule has 2 atom stereocenters. The van der Waals surface area contributed by atoms with Gasteiger partial charge in [0, 0.05) is 0 Å². The van der Waals surface area contributed by atoms with Crippen LogP contribution < -0.4 is 5.32 Å². The molecule has 1 fully saturated rings. The average molecular weight is 199 g/mol. The molecule has 1 aliphatic heterocycles. The van der Waals surface area contributed by atoms with Crippen LogP contribution in [0.3, 0.4) is 0 Å². The van der Waals surface area contributed by atoms with E-state index < -0.39 is 0 Å². The van der Waals surface area contributed by atoms with E-state index in [0.29, 0.717) is 12.5 Å². The Kier molecular flexibility index (Phi) is 4.94. The Balaban J connectivity index is 2.19. The second-order valence-electron chi connectivity index (χ2n) is 4.15. The highest BCUT2D eigenvalue weighted by atomic mass is 16.5. The van der Waals surface area contributed by atoms with Crippen LogP contribution in [-0.2, 0) is 9.53 Å². The van der Waals surface area contributed by atoms with Crippen LogP contribution in [-0.4, -0.2) is 25.2 Å². The van der Waals surface area contributed by atoms with Gasteiger partial charge in [-0.15, -0.1) is 0 Å². The number of hydrogen-bond acceptors (Lipinski definition) is 3. The van der Waals surface area contributed by atoms with E-state index in [4.69, 9.17) is 4.74 Å². The van der Waals surface area contributed by atoms with E-state index in [0.717, 1.165) is 25.8 Å². The topological polar surface area (TPSA) is 38.3 Å². The van der Waals surface area contributed by atoms with Gasteiger partial charge in [-0.25, -0.2) is 0 Å². The molecule has 2 unspecified atom stereocenters. The Labute approximate surface area is 86.2 Å². The Morgan fingerprint density at radius 2 is 2.36 bits per heavy atom. The fourth-order valence-corrected chi connectivity index (χ4v) is 1.50. The van der Waals surface area contributed by atoms with E-state index in [1.807, 2.05) is 0 Å². The summed E-state index contributed by atoms with van der Waals surface area (Å²) in [6.07, 6.45) is 4.30. The maximum atomic E-state index is 11.5. The third-order valence-electron chi connectivity index (χ3n) is 2.80. The number of carbonyl (C=O) groups excluding carboxylic acids is 1. The van der Waals surface area contributed by atoms with Crippen LogP contribution in [0.4, 0.5) is 0 Å². The molecule has 3 nitrogen and oxygen atoms in total. The van der Waals surface area contributed by atoms with Crippen LogP contribution in [0.25, 0.3) is 0 Å². The lowest BCUT2D eigenvalue weighted by molar-refractivity contribution is -0.148. The number of esters is 1. The second-order valence-corrected chi connectivity index (χ2v) is 4.15. The molecule has 0 aromatic rings. The van der Waals surface area contributed by atoms with Gasteiger partial charge in [0.2, 0.25) is 0 Å². The first-order valence-corrected chi connectivity index (χ1v) is 5.64. The van der Waals surface area contributed by atoms with E-state index in [-0.39, 0.29) is 12.0 Å². The Morgan fingerprint density at radius 1 is 1.57 bits per heavy atom. The first-order valence-electron chi connectivity index (χ1n) is 5.64. The first-order chi connectivity index (χ1) is 6.74. The van der Waals surface area contributed by atoms with Crippen LogP contribution in [0.1, 0.15) is 39.5 Å². The summed E-state index contributed by atoms with van der Waals surface area (Å²) in [6.45, 7) is 5.72. The van der Waals surface area contributed by atoms with Gasteiger partial charge in [-0.05, 0) is 25.3 Å². The van der Waals surface area contributed by atoms with Gasteiger partial charge in [-0.1, -0.05) is 26.7 Å². The minimum Gasteiger partial charge on any atom is -0.464 e. The maximum Gasteiger partial charge on any atom is 0.323 e. The molecule has 0 spiro atoms. The summed E-state index contributed by atoms with van der Waals surface area (Å²) < 4.78 is 5.23. The fourth-order valence-electron chi connectivity index (χ4n) is 1.50. The minimum absolute atomic E-state index is 0.0483. The molecule has 1 aliphatic rings. The molecule has 3 heteroatoms. The van der Waals surface area contributed by atoms with Crippen LogP contribution >= 0.6 is 0 Å². The molecule has 0 radical (unpaired) electrons. The van der Waals surface area contributed by atoms with Gasteiger partial charge in [-0.3, -0.25) is 4.79 Å².